The third-order valence-electron chi connectivity index (χ3n) is 3.77. The molecule has 2 atom stereocenters. The van der Waals surface area contributed by atoms with Gasteiger partial charge in [0.1, 0.15) is 0 Å². The van der Waals surface area contributed by atoms with Crippen LogP contribution in [0.5, 0.6) is 0 Å². The molecule has 1 heteroatoms. The first-order valence-corrected chi connectivity index (χ1v) is 7.09. The molecule has 0 radical (unpaired) electrons. The zero-order valence-corrected chi connectivity index (χ0v) is 11.7. The molecule has 0 aliphatic carbocycles. The van der Waals surface area contributed by atoms with Crippen LogP contribution in [0.25, 0.3) is 11.1 Å². The highest BCUT2D eigenvalue weighted by Gasteiger charge is 2.17. The lowest BCUT2D eigenvalue weighted by Gasteiger charge is -2.21. The summed E-state index contributed by atoms with van der Waals surface area (Å²) >= 11 is 0. The lowest BCUT2D eigenvalue weighted by molar-refractivity contribution is 0.136. The van der Waals surface area contributed by atoms with Crippen LogP contribution < -0.4 is 0 Å². The fourth-order valence-electron chi connectivity index (χ4n) is 2.57. The Labute approximate surface area is 115 Å². The van der Waals surface area contributed by atoms with Gasteiger partial charge in [0.25, 0.3) is 0 Å². The molecule has 1 nitrogen and oxygen atoms in total. The van der Waals surface area contributed by atoms with Crippen LogP contribution in [-0.2, 0) is 0 Å². The Morgan fingerprint density at radius 3 is 1.89 bits per heavy atom. The largest absolute Gasteiger partial charge is 0.393 e. The molecule has 0 fully saturated rings. The van der Waals surface area contributed by atoms with Crippen molar-refractivity contribution >= 4 is 0 Å². The number of benzene rings is 2. The highest BCUT2D eigenvalue weighted by molar-refractivity contribution is 5.63. The van der Waals surface area contributed by atoms with Crippen molar-refractivity contribution in [1.82, 2.24) is 0 Å². The van der Waals surface area contributed by atoms with E-state index in [4.69, 9.17) is 0 Å². The molecule has 0 saturated heterocycles. The highest BCUT2D eigenvalue weighted by Crippen LogP contribution is 2.27. The monoisotopic (exact) mass is 254 g/mol. The molecule has 19 heavy (non-hydrogen) atoms. The van der Waals surface area contributed by atoms with E-state index in [0.717, 1.165) is 12.8 Å². The van der Waals surface area contributed by atoms with Crippen LogP contribution in [0.2, 0.25) is 0 Å². The average molecular weight is 254 g/mol. The van der Waals surface area contributed by atoms with Crippen LogP contribution in [0, 0.1) is 0 Å². The van der Waals surface area contributed by atoms with Crippen molar-refractivity contribution in [2.75, 3.05) is 0 Å². The summed E-state index contributed by atoms with van der Waals surface area (Å²) in [5.74, 6) is 0.245. The number of aliphatic hydroxyl groups excluding tert-OH is 1. The summed E-state index contributed by atoms with van der Waals surface area (Å²) in [4.78, 5) is 0. The van der Waals surface area contributed by atoms with Gasteiger partial charge in [-0.1, -0.05) is 68.4 Å². The van der Waals surface area contributed by atoms with E-state index in [0.29, 0.717) is 0 Å². The van der Waals surface area contributed by atoms with Gasteiger partial charge in [-0.25, -0.2) is 0 Å². The summed E-state index contributed by atoms with van der Waals surface area (Å²) in [7, 11) is 0. The predicted octanol–water partition coefficient (Wildman–Crippen LogP) is 4.62. The molecular weight excluding hydrogens is 232 g/mol. The minimum atomic E-state index is -0.243. The molecule has 0 bridgehead atoms. The first-order chi connectivity index (χ1) is 9.26. The Morgan fingerprint density at radius 1 is 0.789 bits per heavy atom. The van der Waals surface area contributed by atoms with Gasteiger partial charge in [0.05, 0.1) is 6.10 Å². The molecule has 0 saturated carbocycles. The van der Waals surface area contributed by atoms with E-state index in [1.807, 2.05) is 13.0 Å². The Balaban J connectivity index is 2.23. The summed E-state index contributed by atoms with van der Waals surface area (Å²) in [5.41, 5.74) is 3.69. The van der Waals surface area contributed by atoms with E-state index in [1.165, 1.54) is 16.7 Å². The van der Waals surface area contributed by atoms with Crippen LogP contribution in [0.3, 0.4) is 0 Å². The van der Waals surface area contributed by atoms with Crippen molar-refractivity contribution in [2.45, 2.75) is 38.7 Å². The van der Waals surface area contributed by atoms with Crippen LogP contribution in [0.15, 0.2) is 54.6 Å². The van der Waals surface area contributed by atoms with Crippen molar-refractivity contribution in [1.29, 1.82) is 0 Å². The molecule has 100 valence electrons. The van der Waals surface area contributed by atoms with Crippen LogP contribution >= 0.6 is 0 Å². The van der Waals surface area contributed by atoms with Crippen molar-refractivity contribution in [3.8, 4) is 11.1 Å². The van der Waals surface area contributed by atoms with E-state index >= 15 is 0 Å². The van der Waals surface area contributed by atoms with Gasteiger partial charge < -0.3 is 5.11 Å². The number of hydrogen-bond acceptors (Lipinski definition) is 1. The maximum Gasteiger partial charge on any atom is 0.0606 e. The Bertz CT molecular complexity index is 487. The third kappa shape index (κ3) is 3.24. The molecule has 2 unspecified atom stereocenters. The molecule has 1 N–H and O–H groups in total. The van der Waals surface area contributed by atoms with Gasteiger partial charge in [-0.3, -0.25) is 0 Å². The lowest BCUT2D eigenvalue weighted by atomic mass is 9.89. The number of aliphatic hydroxyl groups is 1. The SMILES string of the molecule is CCC(O)C(CC)c1ccc(-c2ccccc2)cc1. The number of rotatable bonds is 5. The van der Waals surface area contributed by atoms with Crippen LogP contribution in [-0.4, -0.2) is 11.2 Å². The van der Waals surface area contributed by atoms with Gasteiger partial charge in [-0.15, -0.1) is 0 Å². The first-order valence-electron chi connectivity index (χ1n) is 7.09. The van der Waals surface area contributed by atoms with Crippen molar-refractivity contribution in [3.63, 3.8) is 0 Å². The minimum absolute atomic E-state index is 0.243. The maximum atomic E-state index is 10.1. The van der Waals surface area contributed by atoms with Gasteiger partial charge in [-0.05, 0) is 29.5 Å². The average Bonchev–Trinajstić information content (AvgIpc) is 2.49. The summed E-state index contributed by atoms with van der Waals surface area (Å²) in [6, 6.07) is 19.0. The van der Waals surface area contributed by atoms with Gasteiger partial charge in [0.15, 0.2) is 0 Å². The van der Waals surface area contributed by atoms with E-state index in [2.05, 4.69) is 55.5 Å². The molecule has 2 rings (SSSR count). The second kappa shape index (κ2) is 6.53. The molecule has 0 aliphatic heterocycles. The van der Waals surface area contributed by atoms with E-state index in [9.17, 15) is 5.11 Å². The second-order valence-corrected chi connectivity index (χ2v) is 4.98. The standard InChI is InChI=1S/C18H22O/c1-3-17(18(19)4-2)16-12-10-15(11-13-16)14-8-6-5-7-9-14/h5-13,17-19H,3-4H2,1-2H3. The zero-order chi connectivity index (χ0) is 13.7. The van der Waals surface area contributed by atoms with Gasteiger partial charge >= 0.3 is 0 Å². The Morgan fingerprint density at radius 2 is 1.37 bits per heavy atom. The molecule has 0 aromatic heterocycles. The van der Waals surface area contributed by atoms with Crippen molar-refractivity contribution in [2.24, 2.45) is 0 Å². The molecule has 0 amide bonds. The fourth-order valence-corrected chi connectivity index (χ4v) is 2.57. The summed E-state index contributed by atoms with van der Waals surface area (Å²) in [6.45, 7) is 4.17. The summed E-state index contributed by atoms with van der Waals surface area (Å²) in [6.07, 6.45) is 1.53. The van der Waals surface area contributed by atoms with E-state index in [-0.39, 0.29) is 12.0 Å². The van der Waals surface area contributed by atoms with Crippen molar-refractivity contribution < 1.29 is 5.11 Å². The Hall–Kier alpha value is -1.60. The van der Waals surface area contributed by atoms with Gasteiger partial charge in [0.2, 0.25) is 0 Å². The van der Waals surface area contributed by atoms with Crippen LogP contribution in [0.1, 0.15) is 38.2 Å². The normalized spacial score (nSPS) is 14.1. The smallest absolute Gasteiger partial charge is 0.0606 e. The van der Waals surface area contributed by atoms with E-state index < -0.39 is 0 Å². The Kier molecular flexibility index (Phi) is 4.75. The van der Waals surface area contributed by atoms with E-state index in [1.54, 1.807) is 0 Å². The van der Waals surface area contributed by atoms with Gasteiger partial charge in [0, 0.05) is 5.92 Å². The molecule has 2 aromatic carbocycles. The lowest BCUT2D eigenvalue weighted by Crippen LogP contribution is -2.16. The molecule has 0 spiro atoms. The van der Waals surface area contributed by atoms with Crippen molar-refractivity contribution in [3.05, 3.63) is 60.2 Å². The summed E-state index contributed by atoms with van der Waals surface area (Å²) in [5, 5.41) is 10.1. The second-order valence-electron chi connectivity index (χ2n) is 4.98. The summed E-state index contributed by atoms with van der Waals surface area (Å²) < 4.78 is 0. The first kappa shape index (κ1) is 13.8. The predicted molar refractivity (Wildman–Crippen MR) is 81.2 cm³/mol. The molecule has 2 aromatic rings. The topological polar surface area (TPSA) is 20.2 Å². The molecule has 0 heterocycles. The number of hydrogen-bond donors (Lipinski definition) is 1. The molecular formula is C18H22O. The van der Waals surface area contributed by atoms with Crippen LogP contribution in [0.4, 0.5) is 0 Å². The quantitative estimate of drug-likeness (QED) is 0.825. The molecule has 0 aliphatic rings. The minimum Gasteiger partial charge on any atom is -0.393 e. The highest BCUT2D eigenvalue weighted by atomic mass is 16.3. The maximum absolute atomic E-state index is 10.1. The third-order valence-corrected chi connectivity index (χ3v) is 3.77. The fraction of sp³-hybridized carbons (Fsp3) is 0.333. The van der Waals surface area contributed by atoms with Gasteiger partial charge in [-0.2, -0.15) is 0 Å². The zero-order valence-electron chi connectivity index (χ0n) is 11.7.